The Balaban J connectivity index is 2.01. The molecular formula is C14H22. The molecule has 0 aromatic carbocycles. The first kappa shape index (κ1) is 10.0. The van der Waals surface area contributed by atoms with E-state index in [0.29, 0.717) is 0 Å². The summed E-state index contributed by atoms with van der Waals surface area (Å²) in [5.74, 6) is 1.88. The second-order valence-corrected chi connectivity index (χ2v) is 4.78. The highest BCUT2D eigenvalue weighted by Crippen LogP contribution is 2.39. The van der Waals surface area contributed by atoms with Gasteiger partial charge in [-0.1, -0.05) is 38.0 Å². The second-order valence-electron chi connectivity index (χ2n) is 4.78. The number of fused-ring (bicyclic) bond motifs is 1. The Morgan fingerprint density at radius 3 is 3.21 bits per heavy atom. The molecule has 0 saturated carbocycles. The van der Waals surface area contributed by atoms with Crippen molar-refractivity contribution >= 4 is 0 Å². The predicted octanol–water partition coefficient (Wildman–Crippen LogP) is 4.48. The molecule has 2 aliphatic rings. The Morgan fingerprint density at radius 1 is 1.43 bits per heavy atom. The van der Waals surface area contributed by atoms with Crippen molar-refractivity contribution in [1.82, 2.24) is 0 Å². The minimum Gasteiger partial charge on any atom is -0.0840 e. The molecule has 0 aliphatic heterocycles. The fourth-order valence-corrected chi connectivity index (χ4v) is 2.95. The third-order valence-electron chi connectivity index (χ3n) is 3.77. The molecule has 14 heavy (non-hydrogen) atoms. The van der Waals surface area contributed by atoms with Crippen LogP contribution in [-0.4, -0.2) is 0 Å². The molecule has 0 spiro atoms. The number of rotatable bonds is 3. The third kappa shape index (κ3) is 2.10. The molecule has 0 aromatic heterocycles. The van der Waals surface area contributed by atoms with Crippen LogP contribution in [0.5, 0.6) is 0 Å². The Bertz CT molecular complexity index is 234. The lowest BCUT2D eigenvalue weighted by Gasteiger charge is -2.33. The van der Waals surface area contributed by atoms with E-state index in [9.17, 15) is 0 Å². The fourth-order valence-electron chi connectivity index (χ4n) is 2.95. The van der Waals surface area contributed by atoms with Crippen molar-refractivity contribution in [3.63, 3.8) is 0 Å². The van der Waals surface area contributed by atoms with Crippen molar-refractivity contribution < 1.29 is 0 Å². The summed E-state index contributed by atoms with van der Waals surface area (Å²) in [4.78, 5) is 0. The van der Waals surface area contributed by atoms with Gasteiger partial charge in [-0.05, 0) is 49.5 Å². The maximum Gasteiger partial charge on any atom is -0.0134 e. The molecule has 0 N–H and O–H groups in total. The van der Waals surface area contributed by atoms with Gasteiger partial charge in [0.15, 0.2) is 0 Å². The van der Waals surface area contributed by atoms with Gasteiger partial charge >= 0.3 is 0 Å². The van der Waals surface area contributed by atoms with Gasteiger partial charge in [-0.3, -0.25) is 0 Å². The van der Waals surface area contributed by atoms with Gasteiger partial charge in [-0.2, -0.15) is 0 Å². The van der Waals surface area contributed by atoms with E-state index in [2.05, 4.69) is 25.2 Å². The van der Waals surface area contributed by atoms with E-state index in [-0.39, 0.29) is 0 Å². The smallest absolute Gasteiger partial charge is 0.0134 e. The van der Waals surface area contributed by atoms with Gasteiger partial charge in [0.25, 0.3) is 0 Å². The van der Waals surface area contributed by atoms with Crippen LogP contribution in [0, 0.1) is 11.8 Å². The second kappa shape index (κ2) is 4.82. The van der Waals surface area contributed by atoms with Crippen molar-refractivity contribution in [3.8, 4) is 0 Å². The van der Waals surface area contributed by atoms with E-state index in [1.165, 1.54) is 44.9 Å². The summed E-state index contributed by atoms with van der Waals surface area (Å²) in [6.07, 6.45) is 17.0. The Kier molecular flexibility index (Phi) is 3.44. The van der Waals surface area contributed by atoms with Crippen LogP contribution in [0.3, 0.4) is 0 Å². The van der Waals surface area contributed by atoms with Crippen LogP contribution < -0.4 is 0 Å². The maximum atomic E-state index is 2.47. The summed E-state index contributed by atoms with van der Waals surface area (Å²) < 4.78 is 0. The van der Waals surface area contributed by atoms with Crippen LogP contribution in [0.15, 0.2) is 23.8 Å². The number of unbranched alkanes of at least 4 members (excludes halogenated alkanes) is 1. The molecule has 0 heteroatoms. The van der Waals surface area contributed by atoms with E-state index in [1.807, 2.05) is 0 Å². The first-order valence-corrected chi connectivity index (χ1v) is 6.28. The molecule has 0 saturated heterocycles. The van der Waals surface area contributed by atoms with Crippen molar-refractivity contribution in [2.24, 2.45) is 11.8 Å². The first-order chi connectivity index (χ1) is 6.92. The number of allylic oxidation sites excluding steroid dienone is 4. The molecular weight excluding hydrogens is 168 g/mol. The number of hydrogen-bond acceptors (Lipinski definition) is 0. The third-order valence-corrected chi connectivity index (χ3v) is 3.77. The lowest BCUT2D eigenvalue weighted by molar-refractivity contribution is 0.312. The van der Waals surface area contributed by atoms with Gasteiger partial charge in [0.1, 0.15) is 0 Å². The fraction of sp³-hybridized carbons (Fsp3) is 0.714. The van der Waals surface area contributed by atoms with Gasteiger partial charge in [0.05, 0.1) is 0 Å². The molecule has 2 aliphatic carbocycles. The molecule has 0 nitrogen and oxygen atoms in total. The number of hydrogen-bond donors (Lipinski definition) is 0. The van der Waals surface area contributed by atoms with Gasteiger partial charge in [0, 0.05) is 0 Å². The van der Waals surface area contributed by atoms with Crippen LogP contribution in [0.1, 0.15) is 51.9 Å². The summed E-state index contributed by atoms with van der Waals surface area (Å²) in [7, 11) is 0. The molecule has 0 amide bonds. The monoisotopic (exact) mass is 190 g/mol. The molecule has 0 radical (unpaired) electrons. The topological polar surface area (TPSA) is 0 Å². The molecule has 0 bridgehead atoms. The predicted molar refractivity (Wildman–Crippen MR) is 62.2 cm³/mol. The molecule has 0 aromatic rings. The van der Waals surface area contributed by atoms with Crippen molar-refractivity contribution in [2.45, 2.75) is 51.9 Å². The summed E-state index contributed by atoms with van der Waals surface area (Å²) in [5.41, 5.74) is 1.66. The Labute approximate surface area is 88.1 Å². The van der Waals surface area contributed by atoms with Crippen molar-refractivity contribution in [3.05, 3.63) is 23.8 Å². The van der Waals surface area contributed by atoms with Gasteiger partial charge in [-0.15, -0.1) is 0 Å². The highest BCUT2D eigenvalue weighted by atomic mass is 14.3. The van der Waals surface area contributed by atoms with Gasteiger partial charge in [-0.25, -0.2) is 0 Å². The van der Waals surface area contributed by atoms with Crippen LogP contribution >= 0.6 is 0 Å². The lowest BCUT2D eigenvalue weighted by atomic mass is 9.72. The zero-order chi connectivity index (χ0) is 9.80. The van der Waals surface area contributed by atoms with Crippen molar-refractivity contribution in [1.29, 1.82) is 0 Å². The quantitative estimate of drug-likeness (QED) is 0.615. The SMILES string of the molecule is CCCCC1CC=CC2=CCCCC21. The maximum absolute atomic E-state index is 2.47. The first-order valence-electron chi connectivity index (χ1n) is 6.28. The normalized spacial score (nSPS) is 31.1. The Morgan fingerprint density at radius 2 is 2.36 bits per heavy atom. The van der Waals surface area contributed by atoms with Crippen LogP contribution in [0.4, 0.5) is 0 Å². The van der Waals surface area contributed by atoms with Crippen molar-refractivity contribution in [2.75, 3.05) is 0 Å². The van der Waals surface area contributed by atoms with Crippen LogP contribution in [-0.2, 0) is 0 Å². The average molecular weight is 190 g/mol. The standard InChI is InChI=1S/C14H22/c1-2-3-7-12-9-6-10-13-8-4-5-11-14(12)13/h6,8,10,12,14H,2-5,7,9,11H2,1H3. The minimum atomic E-state index is 0.917. The van der Waals surface area contributed by atoms with E-state index in [4.69, 9.17) is 0 Å². The zero-order valence-electron chi connectivity index (χ0n) is 9.34. The highest BCUT2D eigenvalue weighted by Gasteiger charge is 2.26. The van der Waals surface area contributed by atoms with E-state index >= 15 is 0 Å². The van der Waals surface area contributed by atoms with E-state index in [1.54, 1.807) is 5.57 Å². The average Bonchev–Trinajstić information content (AvgIpc) is 2.26. The molecule has 0 heterocycles. The lowest BCUT2D eigenvalue weighted by Crippen LogP contribution is -2.21. The van der Waals surface area contributed by atoms with Crippen LogP contribution in [0.25, 0.3) is 0 Å². The summed E-state index contributed by atoms with van der Waals surface area (Å²) >= 11 is 0. The largest absolute Gasteiger partial charge is 0.0840 e. The molecule has 78 valence electrons. The highest BCUT2D eigenvalue weighted by molar-refractivity contribution is 5.27. The van der Waals surface area contributed by atoms with Gasteiger partial charge in [0.2, 0.25) is 0 Å². The van der Waals surface area contributed by atoms with E-state index in [0.717, 1.165) is 11.8 Å². The molecule has 2 atom stereocenters. The summed E-state index contributed by atoms with van der Waals surface area (Å²) in [6, 6.07) is 0. The molecule has 0 fully saturated rings. The minimum absolute atomic E-state index is 0.917. The van der Waals surface area contributed by atoms with Gasteiger partial charge < -0.3 is 0 Å². The Hall–Kier alpha value is -0.520. The summed E-state index contributed by atoms with van der Waals surface area (Å²) in [5, 5.41) is 0. The van der Waals surface area contributed by atoms with Crippen LogP contribution in [0.2, 0.25) is 0 Å². The van der Waals surface area contributed by atoms with E-state index < -0.39 is 0 Å². The molecule has 2 unspecified atom stereocenters. The summed E-state index contributed by atoms with van der Waals surface area (Å²) in [6.45, 7) is 2.30. The zero-order valence-corrected chi connectivity index (χ0v) is 9.34. The molecule has 2 rings (SSSR count).